The predicted octanol–water partition coefficient (Wildman–Crippen LogP) is 5.34. The summed E-state index contributed by atoms with van der Waals surface area (Å²) in [5.41, 5.74) is 3.17. The summed E-state index contributed by atoms with van der Waals surface area (Å²) in [6, 6.07) is 15.6. The summed E-state index contributed by atoms with van der Waals surface area (Å²) in [6.45, 7) is 4.06. The number of halogens is 1. The van der Waals surface area contributed by atoms with Crippen molar-refractivity contribution in [2.24, 2.45) is 0 Å². The molecule has 112 valence electrons. The number of para-hydroxylation sites is 1. The number of rotatable bonds is 3. The number of hydrogen-bond donors (Lipinski definition) is 0. The molecule has 0 fully saturated rings. The van der Waals surface area contributed by atoms with E-state index in [0.29, 0.717) is 10.8 Å². The minimum Gasteiger partial charge on any atom is -0.284 e. The lowest BCUT2D eigenvalue weighted by Gasteiger charge is -2.07. The zero-order valence-electron chi connectivity index (χ0n) is 12.5. The third-order valence-corrected chi connectivity index (χ3v) is 5.10. The Kier molecular flexibility index (Phi) is 4.27. The van der Waals surface area contributed by atoms with E-state index in [2.05, 4.69) is 13.0 Å². The molecule has 22 heavy (non-hydrogen) atoms. The normalized spacial score (nSPS) is 11.0. The minimum absolute atomic E-state index is 0.0988. The summed E-state index contributed by atoms with van der Waals surface area (Å²) in [5, 5.41) is 1.85. The zero-order valence-corrected chi connectivity index (χ0v) is 14.0. The van der Waals surface area contributed by atoms with E-state index in [0.717, 1.165) is 21.5 Å². The lowest BCUT2D eigenvalue weighted by atomic mass is 10.2. The molecule has 3 rings (SSSR count). The topological polar surface area (TPSA) is 22.0 Å². The van der Waals surface area contributed by atoms with Gasteiger partial charge in [-0.25, -0.2) is 0 Å². The number of nitrogens with zero attached hydrogens (tertiary/aromatic N) is 1. The number of thioether (sulfide) groups is 1. The summed E-state index contributed by atoms with van der Waals surface area (Å²) < 4.78 is 1.83. The fraction of sp³-hybridized carbons (Fsp3) is 0.167. The molecule has 3 aromatic rings. The Bertz CT molecular complexity index is 836. The third-order valence-electron chi connectivity index (χ3n) is 3.85. The van der Waals surface area contributed by atoms with Crippen molar-refractivity contribution in [3.63, 3.8) is 0 Å². The van der Waals surface area contributed by atoms with Crippen LogP contribution in [0.25, 0.3) is 10.9 Å². The molecule has 0 atom stereocenters. The standard InChI is InChI=1S/C18H16ClNOS/c1-12-13(2)20(17-6-4-3-5-16(12)17)18(21)11-22-15-9-7-14(19)8-10-15/h3-10H,11H2,1-2H3. The molecular weight excluding hydrogens is 314 g/mol. The number of hydrogen-bond acceptors (Lipinski definition) is 2. The van der Waals surface area contributed by atoms with Gasteiger partial charge in [-0.15, -0.1) is 11.8 Å². The van der Waals surface area contributed by atoms with E-state index in [4.69, 9.17) is 11.6 Å². The van der Waals surface area contributed by atoms with E-state index in [-0.39, 0.29) is 5.91 Å². The third kappa shape index (κ3) is 2.79. The van der Waals surface area contributed by atoms with Crippen LogP contribution in [0.3, 0.4) is 0 Å². The van der Waals surface area contributed by atoms with Gasteiger partial charge in [0.1, 0.15) is 0 Å². The first kappa shape index (κ1) is 15.2. The summed E-state index contributed by atoms with van der Waals surface area (Å²) >= 11 is 7.41. The van der Waals surface area contributed by atoms with Gasteiger partial charge in [-0.1, -0.05) is 29.8 Å². The molecule has 1 aromatic heterocycles. The second kappa shape index (κ2) is 6.19. The Balaban J connectivity index is 1.86. The van der Waals surface area contributed by atoms with Crippen molar-refractivity contribution in [1.82, 2.24) is 4.57 Å². The number of fused-ring (bicyclic) bond motifs is 1. The molecule has 0 saturated carbocycles. The van der Waals surface area contributed by atoms with Crippen LogP contribution in [0.5, 0.6) is 0 Å². The van der Waals surface area contributed by atoms with Gasteiger partial charge in [0.25, 0.3) is 0 Å². The molecule has 0 bridgehead atoms. The highest BCUT2D eigenvalue weighted by molar-refractivity contribution is 8.00. The molecule has 0 amide bonds. The smallest absolute Gasteiger partial charge is 0.241 e. The van der Waals surface area contributed by atoms with Crippen molar-refractivity contribution in [3.05, 3.63) is 64.8 Å². The molecule has 0 aliphatic carbocycles. The Hall–Kier alpha value is -1.71. The van der Waals surface area contributed by atoms with E-state index in [1.165, 1.54) is 17.3 Å². The molecule has 2 aromatic carbocycles. The van der Waals surface area contributed by atoms with E-state index >= 15 is 0 Å². The van der Waals surface area contributed by atoms with Crippen molar-refractivity contribution in [2.45, 2.75) is 18.7 Å². The predicted molar refractivity (Wildman–Crippen MR) is 94.2 cm³/mol. The lowest BCUT2D eigenvalue weighted by molar-refractivity contribution is 0.0945. The van der Waals surface area contributed by atoms with Crippen LogP contribution >= 0.6 is 23.4 Å². The summed E-state index contributed by atoms with van der Waals surface area (Å²) in [7, 11) is 0. The van der Waals surface area contributed by atoms with Crippen molar-refractivity contribution >= 4 is 40.2 Å². The van der Waals surface area contributed by atoms with Gasteiger partial charge in [-0.05, 0) is 49.7 Å². The van der Waals surface area contributed by atoms with Gasteiger partial charge < -0.3 is 0 Å². The maximum atomic E-state index is 12.6. The minimum atomic E-state index is 0.0988. The van der Waals surface area contributed by atoms with Gasteiger partial charge in [0.2, 0.25) is 5.91 Å². The van der Waals surface area contributed by atoms with E-state index in [1.54, 1.807) is 0 Å². The monoisotopic (exact) mass is 329 g/mol. The van der Waals surface area contributed by atoms with Crippen molar-refractivity contribution in [1.29, 1.82) is 0 Å². The van der Waals surface area contributed by atoms with Gasteiger partial charge in [-0.2, -0.15) is 0 Å². The second-order valence-electron chi connectivity index (χ2n) is 5.20. The second-order valence-corrected chi connectivity index (χ2v) is 6.68. The van der Waals surface area contributed by atoms with Crippen LogP contribution in [-0.2, 0) is 0 Å². The van der Waals surface area contributed by atoms with Crippen LogP contribution in [0.1, 0.15) is 16.1 Å². The number of benzene rings is 2. The fourth-order valence-corrected chi connectivity index (χ4v) is 3.46. The summed E-state index contributed by atoms with van der Waals surface area (Å²) in [6.07, 6.45) is 0. The van der Waals surface area contributed by atoms with Crippen LogP contribution in [0.4, 0.5) is 0 Å². The Labute approximate surface area is 139 Å². The van der Waals surface area contributed by atoms with E-state index < -0.39 is 0 Å². The first-order valence-electron chi connectivity index (χ1n) is 7.06. The molecule has 0 spiro atoms. The fourth-order valence-electron chi connectivity index (χ4n) is 2.59. The summed E-state index contributed by atoms with van der Waals surface area (Å²) in [5.74, 6) is 0.502. The largest absolute Gasteiger partial charge is 0.284 e. The number of carbonyl (C=O) groups is 1. The van der Waals surface area contributed by atoms with Crippen molar-refractivity contribution in [3.8, 4) is 0 Å². The maximum Gasteiger partial charge on any atom is 0.241 e. The van der Waals surface area contributed by atoms with Gasteiger partial charge in [0, 0.05) is 21.0 Å². The average molecular weight is 330 g/mol. The van der Waals surface area contributed by atoms with Crippen LogP contribution in [0, 0.1) is 13.8 Å². The van der Waals surface area contributed by atoms with Crippen LogP contribution in [0.2, 0.25) is 5.02 Å². The van der Waals surface area contributed by atoms with Gasteiger partial charge in [0.05, 0.1) is 11.3 Å². The lowest BCUT2D eigenvalue weighted by Crippen LogP contribution is -2.14. The molecule has 0 saturated heterocycles. The molecule has 0 aliphatic rings. The zero-order chi connectivity index (χ0) is 15.7. The highest BCUT2D eigenvalue weighted by Gasteiger charge is 2.16. The molecule has 0 radical (unpaired) electrons. The van der Waals surface area contributed by atoms with E-state index in [9.17, 15) is 4.79 Å². The van der Waals surface area contributed by atoms with Crippen LogP contribution in [0.15, 0.2) is 53.4 Å². The van der Waals surface area contributed by atoms with Gasteiger partial charge in [-0.3, -0.25) is 9.36 Å². The first-order chi connectivity index (χ1) is 10.6. The number of carbonyl (C=O) groups excluding carboxylic acids is 1. The molecule has 1 heterocycles. The van der Waals surface area contributed by atoms with Crippen LogP contribution < -0.4 is 0 Å². The summed E-state index contributed by atoms with van der Waals surface area (Å²) in [4.78, 5) is 13.7. The highest BCUT2D eigenvalue weighted by Crippen LogP contribution is 2.26. The maximum absolute atomic E-state index is 12.6. The first-order valence-corrected chi connectivity index (χ1v) is 8.42. The molecule has 4 heteroatoms. The Morgan fingerprint density at radius 2 is 1.77 bits per heavy atom. The van der Waals surface area contributed by atoms with Crippen molar-refractivity contribution in [2.75, 3.05) is 5.75 Å². The Morgan fingerprint density at radius 3 is 2.50 bits per heavy atom. The molecule has 0 aliphatic heterocycles. The van der Waals surface area contributed by atoms with E-state index in [1.807, 2.05) is 54.0 Å². The highest BCUT2D eigenvalue weighted by atomic mass is 35.5. The van der Waals surface area contributed by atoms with Gasteiger partial charge >= 0.3 is 0 Å². The Morgan fingerprint density at radius 1 is 1.09 bits per heavy atom. The quantitative estimate of drug-likeness (QED) is 0.605. The van der Waals surface area contributed by atoms with Crippen molar-refractivity contribution < 1.29 is 4.79 Å². The van der Waals surface area contributed by atoms with Crippen LogP contribution in [-0.4, -0.2) is 16.2 Å². The molecular formula is C18H16ClNOS. The molecule has 0 N–H and O–H groups in total. The number of aryl methyl sites for hydroxylation is 1. The average Bonchev–Trinajstić information content (AvgIpc) is 2.79. The molecule has 2 nitrogen and oxygen atoms in total. The SMILES string of the molecule is Cc1c(C)n(C(=O)CSc2ccc(Cl)cc2)c2ccccc12. The molecule has 0 unspecified atom stereocenters. The van der Waals surface area contributed by atoms with Gasteiger partial charge in [0.15, 0.2) is 0 Å². The number of aromatic nitrogens is 1.